The summed E-state index contributed by atoms with van der Waals surface area (Å²) in [5.74, 6) is 0. The molecule has 0 bridgehead atoms. The van der Waals surface area contributed by atoms with E-state index in [1.54, 1.807) is 6.08 Å². The molecule has 0 fully saturated rings. The van der Waals surface area contributed by atoms with Gasteiger partial charge in [-0.1, -0.05) is 44.0 Å². The lowest BCUT2D eigenvalue weighted by Crippen LogP contribution is -1.94. The summed E-state index contributed by atoms with van der Waals surface area (Å²) < 4.78 is 0. The van der Waals surface area contributed by atoms with Crippen LogP contribution in [0.5, 0.6) is 0 Å². The second-order valence-corrected chi connectivity index (χ2v) is 6.35. The lowest BCUT2D eigenvalue weighted by Gasteiger charge is -2.11. The standard InChI is InChI=1S/C21H24ClN3/c1-6-9-14(4)12-16(7-2)24-20-17-11-10-15(22)13-19(17)25-18(8-3)21(20)23-5/h8,10-13H,3,5-7,9H2,1-2,4H3/b14-12+,24-16?. The highest BCUT2D eigenvalue weighted by atomic mass is 35.5. The number of pyridine rings is 1. The highest BCUT2D eigenvalue weighted by molar-refractivity contribution is 6.31. The van der Waals surface area contributed by atoms with Gasteiger partial charge in [-0.3, -0.25) is 9.98 Å². The monoisotopic (exact) mass is 353 g/mol. The van der Waals surface area contributed by atoms with Crippen LogP contribution in [-0.2, 0) is 0 Å². The second-order valence-electron chi connectivity index (χ2n) is 5.92. The van der Waals surface area contributed by atoms with E-state index in [9.17, 15) is 0 Å². The summed E-state index contributed by atoms with van der Waals surface area (Å²) in [5, 5.41) is 1.54. The van der Waals surface area contributed by atoms with Gasteiger partial charge in [0.2, 0.25) is 0 Å². The van der Waals surface area contributed by atoms with Gasteiger partial charge in [0.15, 0.2) is 0 Å². The van der Waals surface area contributed by atoms with Crippen molar-refractivity contribution in [1.29, 1.82) is 0 Å². The molecule has 25 heavy (non-hydrogen) atoms. The maximum absolute atomic E-state index is 6.13. The molecule has 0 aliphatic carbocycles. The average Bonchev–Trinajstić information content (AvgIpc) is 2.60. The van der Waals surface area contributed by atoms with Crippen LogP contribution in [0.2, 0.25) is 5.02 Å². The third-order valence-corrected chi connectivity index (χ3v) is 4.18. The van der Waals surface area contributed by atoms with Crippen LogP contribution in [0.3, 0.4) is 0 Å². The van der Waals surface area contributed by atoms with E-state index in [1.807, 2.05) is 18.2 Å². The van der Waals surface area contributed by atoms with Gasteiger partial charge < -0.3 is 0 Å². The Labute approximate surface area is 154 Å². The van der Waals surface area contributed by atoms with Crippen LogP contribution >= 0.6 is 11.6 Å². The fourth-order valence-corrected chi connectivity index (χ4v) is 2.91. The third kappa shape index (κ3) is 4.43. The number of aromatic nitrogens is 1. The molecule has 0 saturated heterocycles. The predicted molar refractivity (Wildman–Crippen MR) is 112 cm³/mol. The smallest absolute Gasteiger partial charge is 0.114 e. The van der Waals surface area contributed by atoms with E-state index in [0.717, 1.165) is 41.6 Å². The zero-order valence-corrected chi connectivity index (χ0v) is 15.9. The van der Waals surface area contributed by atoms with Crippen molar-refractivity contribution in [3.05, 3.63) is 47.1 Å². The van der Waals surface area contributed by atoms with Crippen molar-refractivity contribution in [3.63, 3.8) is 0 Å². The summed E-state index contributed by atoms with van der Waals surface area (Å²) in [7, 11) is 0. The second kappa shape index (κ2) is 8.72. The molecule has 0 radical (unpaired) electrons. The van der Waals surface area contributed by atoms with Gasteiger partial charge in [0.25, 0.3) is 0 Å². The number of hydrogen-bond acceptors (Lipinski definition) is 3. The van der Waals surface area contributed by atoms with E-state index in [-0.39, 0.29) is 0 Å². The van der Waals surface area contributed by atoms with Gasteiger partial charge in [0.1, 0.15) is 11.4 Å². The molecule has 1 heterocycles. The van der Waals surface area contributed by atoms with Crippen molar-refractivity contribution in [3.8, 4) is 0 Å². The Kier molecular flexibility index (Phi) is 6.65. The Balaban J connectivity index is 2.76. The van der Waals surface area contributed by atoms with Crippen molar-refractivity contribution in [2.24, 2.45) is 9.98 Å². The molecule has 0 aliphatic rings. The molecular weight excluding hydrogens is 330 g/mol. The molecule has 0 atom stereocenters. The predicted octanol–water partition coefficient (Wildman–Crippen LogP) is 7.09. The summed E-state index contributed by atoms with van der Waals surface area (Å²) in [6, 6.07) is 5.61. The number of allylic oxidation sites excluding steroid dienone is 2. The first-order valence-electron chi connectivity index (χ1n) is 8.51. The minimum atomic E-state index is 0.638. The van der Waals surface area contributed by atoms with Gasteiger partial charge in [-0.2, -0.15) is 0 Å². The first-order chi connectivity index (χ1) is 12.0. The van der Waals surface area contributed by atoms with Crippen LogP contribution in [0.1, 0.15) is 45.7 Å². The molecular formula is C21H24ClN3. The minimum Gasteiger partial charge on any atom is -0.260 e. The number of aliphatic imine (C=N–C) groups is 2. The van der Waals surface area contributed by atoms with E-state index in [2.05, 4.69) is 50.1 Å². The van der Waals surface area contributed by atoms with Crippen molar-refractivity contribution >= 4 is 52.4 Å². The number of nitrogens with zero attached hydrogens (tertiary/aromatic N) is 3. The summed E-state index contributed by atoms with van der Waals surface area (Å²) in [6.07, 6.45) is 6.85. The Morgan fingerprint density at radius 3 is 2.64 bits per heavy atom. The van der Waals surface area contributed by atoms with Crippen LogP contribution < -0.4 is 0 Å². The maximum atomic E-state index is 6.13. The first-order valence-corrected chi connectivity index (χ1v) is 8.88. The largest absolute Gasteiger partial charge is 0.260 e. The molecule has 2 rings (SSSR count). The molecule has 0 spiro atoms. The van der Waals surface area contributed by atoms with Gasteiger partial charge >= 0.3 is 0 Å². The molecule has 0 saturated carbocycles. The first kappa shape index (κ1) is 19.1. The van der Waals surface area contributed by atoms with Crippen LogP contribution in [-0.4, -0.2) is 17.4 Å². The van der Waals surface area contributed by atoms with Crippen LogP contribution in [0.25, 0.3) is 17.0 Å². The van der Waals surface area contributed by atoms with Crippen LogP contribution in [0.4, 0.5) is 11.4 Å². The summed E-state index contributed by atoms with van der Waals surface area (Å²) in [6.45, 7) is 14.0. The average molecular weight is 354 g/mol. The zero-order chi connectivity index (χ0) is 18.4. The van der Waals surface area contributed by atoms with Gasteiger partial charge in [0.05, 0.1) is 11.2 Å². The minimum absolute atomic E-state index is 0.638. The van der Waals surface area contributed by atoms with Gasteiger partial charge in [-0.15, -0.1) is 0 Å². The Bertz CT molecular complexity index is 863. The lowest BCUT2D eigenvalue weighted by atomic mass is 10.1. The molecule has 4 heteroatoms. The van der Waals surface area contributed by atoms with Gasteiger partial charge in [0, 0.05) is 16.1 Å². The van der Waals surface area contributed by atoms with Crippen molar-refractivity contribution in [1.82, 2.24) is 4.98 Å². The molecule has 130 valence electrons. The fraction of sp³-hybridized carbons (Fsp3) is 0.286. The number of benzene rings is 1. The van der Waals surface area contributed by atoms with E-state index < -0.39 is 0 Å². The number of rotatable bonds is 7. The van der Waals surface area contributed by atoms with Crippen molar-refractivity contribution in [2.75, 3.05) is 0 Å². The molecule has 0 N–H and O–H groups in total. The highest BCUT2D eigenvalue weighted by Gasteiger charge is 2.13. The summed E-state index contributed by atoms with van der Waals surface area (Å²) >= 11 is 6.13. The quantitative estimate of drug-likeness (QED) is 0.489. The summed E-state index contributed by atoms with van der Waals surface area (Å²) in [4.78, 5) is 13.7. The summed E-state index contributed by atoms with van der Waals surface area (Å²) in [5.41, 5.74) is 5.18. The molecule has 0 aliphatic heterocycles. The Morgan fingerprint density at radius 1 is 1.28 bits per heavy atom. The molecule has 1 aromatic heterocycles. The fourth-order valence-electron chi connectivity index (χ4n) is 2.75. The van der Waals surface area contributed by atoms with Crippen molar-refractivity contribution < 1.29 is 0 Å². The molecule has 0 unspecified atom stereocenters. The number of halogens is 1. The lowest BCUT2D eigenvalue weighted by molar-refractivity contribution is 0.906. The van der Waals surface area contributed by atoms with E-state index in [1.165, 1.54) is 5.57 Å². The van der Waals surface area contributed by atoms with Gasteiger partial charge in [-0.05, 0) is 56.8 Å². The number of fused-ring (bicyclic) bond motifs is 1. The molecule has 3 nitrogen and oxygen atoms in total. The van der Waals surface area contributed by atoms with Crippen LogP contribution in [0, 0.1) is 0 Å². The SMILES string of the molecule is C=Cc1nc2cc(Cl)ccc2c(N=C(/C=C(\C)CCC)CC)c1N=C. The number of hydrogen-bond donors (Lipinski definition) is 0. The van der Waals surface area contributed by atoms with E-state index >= 15 is 0 Å². The molecule has 1 aromatic carbocycles. The molecule has 0 amide bonds. The Hall–Kier alpha value is -2.26. The topological polar surface area (TPSA) is 37.6 Å². The normalized spacial score (nSPS) is 12.5. The maximum Gasteiger partial charge on any atom is 0.114 e. The van der Waals surface area contributed by atoms with E-state index in [4.69, 9.17) is 16.6 Å². The molecule has 2 aromatic rings. The van der Waals surface area contributed by atoms with Crippen molar-refractivity contribution in [2.45, 2.75) is 40.0 Å². The van der Waals surface area contributed by atoms with E-state index in [0.29, 0.717) is 16.4 Å². The Morgan fingerprint density at radius 2 is 2.04 bits per heavy atom. The van der Waals surface area contributed by atoms with Crippen LogP contribution in [0.15, 0.2) is 46.4 Å². The van der Waals surface area contributed by atoms with Gasteiger partial charge in [-0.25, -0.2) is 4.98 Å². The zero-order valence-electron chi connectivity index (χ0n) is 15.1. The highest BCUT2D eigenvalue weighted by Crippen LogP contribution is 2.39. The third-order valence-electron chi connectivity index (χ3n) is 3.95.